The number of nitrogens with zero attached hydrogens (tertiary/aromatic N) is 1. The van der Waals surface area contributed by atoms with E-state index in [1.807, 2.05) is 0 Å². The molecule has 0 saturated heterocycles. The highest BCUT2D eigenvalue weighted by Gasteiger charge is 2.95. The van der Waals surface area contributed by atoms with Gasteiger partial charge in [0, 0.05) is 53.8 Å². The summed E-state index contributed by atoms with van der Waals surface area (Å²) < 4.78 is 97.2. The zero-order valence-electron chi connectivity index (χ0n) is 21.7. The number of ether oxygens (including phenoxy) is 2. The fraction of sp³-hybridized carbons (Fsp3) is 0.379. The van der Waals surface area contributed by atoms with Crippen molar-refractivity contribution in [1.82, 2.24) is 4.98 Å². The third-order valence-corrected chi connectivity index (χ3v) is 8.20. The molecule has 4 aliphatic rings. The fourth-order valence-corrected chi connectivity index (χ4v) is 6.15. The third-order valence-electron chi connectivity index (χ3n) is 8.20. The molecule has 4 aliphatic carbocycles. The van der Waals surface area contributed by atoms with E-state index in [0.29, 0.717) is 18.2 Å². The van der Waals surface area contributed by atoms with Crippen LogP contribution in [0.4, 0.5) is 26.3 Å². The Morgan fingerprint density at radius 2 is 1.63 bits per heavy atom. The molecular weight excluding hydrogens is 556 g/mol. The molecule has 2 bridgehead atoms. The average molecular weight is 579 g/mol. The van der Waals surface area contributed by atoms with E-state index in [9.17, 15) is 32.6 Å². The number of carboxylic acids is 1. The Hall–Kier alpha value is -3.80. The van der Waals surface area contributed by atoms with Gasteiger partial charge in [0.25, 0.3) is 0 Å². The van der Waals surface area contributed by atoms with Gasteiger partial charge in [0.15, 0.2) is 0 Å². The number of aromatic nitrogens is 1. The summed E-state index contributed by atoms with van der Waals surface area (Å²) in [6, 6.07) is 3.82. The Morgan fingerprint density at radius 1 is 0.976 bits per heavy atom. The van der Waals surface area contributed by atoms with Crippen LogP contribution in [0.25, 0.3) is 11.1 Å². The molecule has 4 atom stereocenters. The van der Waals surface area contributed by atoms with Crippen LogP contribution in [-0.2, 0) is 17.6 Å². The van der Waals surface area contributed by atoms with Crippen LogP contribution in [-0.4, -0.2) is 33.4 Å². The minimum Gasteiger partial charge on any atom is -0.493 e. The molecule has 2 saturated carbocycles. The normalized spacial score (nSPS) is 23.6. The smallest absolute Gasteiger partial charge is 0.417 e. The van der Waals surface area contributed by atoms with Crippen LogP contribution >= 0.6 is 0 Å². The topological polar surface area (TPSA) is 88.9 Å². The van der Waals surface area contributed by atoms with Crippen molar-refractivity contribution < 1.29 is 50.8 Å². The average Bonchev–Trinajstić information content (AvgIpc) is 3.64. The Kier molecular flexibility index (Phi) is 5.91. The van der Waals surface area contributed by atoms with E-state index in [2.05, 4.69) is 4.98 Å². The Bertz CT molecular complexity index is 1580. The molecular formula is C29H23F6NO5. The van der Waals surface area contributed by atoms with Gasteiger partial charge in [0.2, 0.25) is 5.88 Å². The van der Waals surface area contributed by atoms with Crippen molar-refractivity contribution in [2.24, 2.45) is 11.3 Å². The molecule has 1 heterocycles. The molecule has 12 heteroatoms. The predicted octanol–water partition coefficient (Wildman–Crippen LogP) is 6.20. The monoisotopic (exact) mass is 579 g/mol. The minimum absolute atomic E-state index is 0.0157. The quantitative estimate of drug-likeness (QED) is 0.294. The molecule has 0 aliphatic heterocycles. The van der Waals surface area contributed by atoms with E-state index < -0.39 is 69.5 Å². The molecule has 1 unspecified atom stereocenters. The molecule has 2 aromatic carbocycles. The van der Waals surface area contributed by atoms with Gasteiger partial charge in [-0.3, -0.25) is 4.79 Å². The molecule has 0 radical (unpaired) electrons. The molecule has 0 spiro atoms. The van der Waals surface area contributed by atoms with Crippen LogP contribution in [0, 0.1) is 28.8 Å². The number of alkyl halides is 3. The highest BCUT2D eigenvalue weighted by Crippen LogP contribution is 2.96. The second-order valence-electron chi connectivity index (χ2n) is 11.3. The van der Waals surface area contributed by atoms with Gasteiger partial charge in [-0.25, -0.2) is 18.2 Å². The van der Waals surface area contributed by atoms with Crippen LogP contribution in [0.15, 0.2) is 36.5 Å². The lowest BCUT2D eigenvalue weighted by Crippen LogP contribution is -2.21. The highest BCUT2D eigenvalue weighted by molar-refractivity contribution is 5.93. The lowest BCUT2D eigenvalue weighted by atomic mass is 9.95. The maximum absolute atomic E-state index is 15.1. The number of benzene rings is 2. The summed E-state index contributed by atoms with van der Waals surface area (Å²) in [5, 5.41) is 19.3. The number of halogens is 6. The zero-order chi connectivity index (χ0) is 29.6. The number of rotatable bonds is 9. The van der Waals surface area contributed by atoms with Crippen molar-refractivity contribution in [3.63, 3.8) is 0 Å². The van der Waals surface area contributed by atoms with Crippen molar-refractivity contribution in [2.45, 2.75) is 50.5 Å². The van der Waals surface area contributed by atoms with Crippen molar-refractivity contribution in [2.75, 3.05) is 6.61 Å². The van der Waals surface area contributed by atoms with Crippen LogP contribution in [0.5, 0.6) is 11.6 Å². The summed E-state index contributed by atoms with van der Waals surface area (Å²) in [5.74, 6) is -5.36. The van der Waals surface area contributed by atoms with Crippen LogP contribution in [0.1, 0.15) is 54.4 Å². The third kappa shape index (κ3) is 4.30. The molecule has 6 nitrogen and oxygen atoms in total. The van der Waals surface area contributed by atoms with Gasteiger partial charge in [-0.15, -0.1) is 0 Å². The van der Waals surface area contributed by atoms with E-state index in [0.717, 1.165) is 11.1 Å². The van der Waals surface area contributed by atoms with Gasteiger partial charge in [-0.1, -0.05) is 0 Å². The van der Waals surface area contributed by atoms with Crippen LogP contribution in [0.3, 0.4) is 0 Å². The maximum atomic E-state index is 15.1. The summed E-state index contributed by atoms with van der Waals surface area (Å²) in [5.41, 5.74) is -4.23. The second-order valence-corrected chi connectivity index (χ2v) is 11.3. The second kappa shape index (κ2) is 8.85. The predicted molar refractivity (Wildman–Crippen MR) is 131 cm³/mol. The Morgan fingerprint density at radius 3 is 2.22 bits per heavy atom. The SMILES string of the molecule is CC(C)(O)CCOc1cc(F)c(-c2cc(COc3cc4c(cn3)[C@H]3[C@H]5C4[C@]53C(=O)O)c(F)cc2C(F)(F)F)c(F)c1. The van der Waals surface area contributed by atoms with E-state index in [1.54, 1.807) is 6.07 Å². The van der Waals surface area contributed by atoms with E-state index in [-0.39, 0.29) is 48.5 Å². The number of hydrogen-bond acceptors (Lipinski definition) is 5. The first kappa shape index (κ1) is 27.4. The largest absolute Gasteiger partial charge is 0.493 e. The number of aliphatic carboxylic acids is 1. The van der Waals surface area contributed by atoms with Gasteiger partial charge in [0.05, 0.1) is 28.7 Å². The van der Waals surface area contributed by atoms with Gasteiger partial charge >= 0.3 is 12.1 Å². The zero-order valence-corrected chi connectivity index (χ0v) is 21.7. The molecule has 3 aromatic rings. The number of carboxylic acid groups (broad SMARTS) is 1. The Labute approximate surface area is 229 Å². The molecule has 7 rings (SSSR count). The van der Waals surface area contributed by atoms with Gasteiger partial charge < -0.3 is 19.7 Å². The Balaban J connectivity index is 1.27. The summed E-state index contributed by atoms with van der Waals surface area (Å²) in [6.07, 6.45) is -3.52. The standard InChI is InChI=1S/C29H23F6NO5/c1-27(2,39)3-4-40-13-6-19(31)22(20(32)7-13)15-5-12(18(30)9-17(15)29(33,34)35)11-41-21-8-14-16(10-36-21)24-25-23(14)28(24,25)26(37)38/h5-10,23-25,39H,3-4,11H2,1-2H3,(H,37,38)/t23?,24-,25+,28+/m0/s1. The molecule has 41 heavy (non-hydrogen) atoms. The summed E-state index contributed by atoms with van der Waals surface area (Å²) in [7, 11) is 0. The van der Waals surface area contributed by atoms with Crippen LogP contribution in [0.2, 0.25) is 0 Å². The highest BCUT2D eigenvalue weighted by atomic mass is 19.4. The number of pyridine rings is 1. The summed E-state index contributed by atoms with van der Waals surface area (Å²) in [6.45, 7) is 2.30. The van der Waals surface area contributed by atoms with E-state index in [4.69, 9.17) is 9.47 Å². The molecule has 216 valence electrons. The van der Waals surface area contributed by atoms with Gasteiger partial charge in [-0.05, 0) is 43.0 Å². The fourth-order valence-electron chi connectivity index (χ4n) is 6.15. The maximum Gasteiger partial charge on any atom is 0.417 e. The summed E-state index contributed by atoms with van der Waals surface area (Å²) in [4.78, 5) is 15.8. The lowest BCUT2D eigenvalue weighted by molar-refractivity contribution is -0.141. The number of aliphatic hydroxyl groups is 1. The number of carbonyl (C=O) groups is 1. The van der Waals surface area contributed by atoms with Gasteiger partial charge in [0.1, 0.15) is 29.8 Å². The minimum atomic E-state index is -5.14. The molecule has 2 N–H and O–H groups in total. The number of hydrogen-bond donors (Lipinski definition) is 2. The molecule has 2 fully saturated rings. The van der Waals surface area contributed by atoms with Crippen molar-refractivity contribution in [3.8, 4) is 22.8 Å². The van der Waals surface area contributed by atoms with Gasteiger partial charge in [-0.2, -0.15) is 13.2 Å². The first-order valence-corrected chi connectivity index (χ1v) is 12.7. The van der Waals surface area contributed by atoms with E-state index in [1.165, 1.54) is 20.0 Å². The molecule has 1 aromatic heterocycles. The summed E-state index contributed by atoms with van der Waals surface area (Å²) >= 11 is 0. The van der Waals surface area contributed by atoms with Crippen molar-refractivity contribution >= 4 is 5.97 Å². The van der Waals surface area contributed by atoms with Crippen molar-refractivity contribution in [3.05, 3.63) is 76.2 Å². The lowest BCUT2D eigenvalue weighted by Gasteiger charge is -2.19. The van der Waals surface area contributed by atoms with Crippen molar-refractivity contribution in [1.29, 1.82) is 0 Å². The first-order valence-electron chi connectivity index (χ1n) is 12.7. The van der Waals surface area contributed by atoms with E-state index >= 15 is 8.78 Å². The first-order chi connectivity index (χ1) is 19.1. The van der Waals surface area contributed by atoms with Crippen LogP contribution < -0.4 is 9.47 Å². The molecule has 0 amide bonds.